The highest BCUT2D eigenvalue weighted by Crippen LogP contribution is 2.37. The van der Waals surface area contributed by atoms with Crippen molar-refractivity contribution in [2.45, 2.75) is 0 Å². The van der Waals surface area contributed by atoms with Crippen LogP contribution in [0.5, 0.6) is 0 Å². The van der Waals surface area contributed by atoms with E-state index in [1.54, 1.807) is 36.4 Å². The van der Waals surface area contributed by atoms with Gasteiger partial charge in [-0.25, -0.2) is 4.39 Å². The van der Waals surface area contributed by atoms with Gasteiger partial charge in [0, 0.05) is 16.1 Å². The molecule has 0 aliphatic heterocycles. The number of benzene rings is 2. The van der Waals surface area contributed by atoms with Gasteiger partial charge in [-0.1, -0.05) is 47.1 Å². The maximum absolute atomic E-state index is 14.0. The van der Waals surface area contributed by atoms with Crippen molar-refractivity contribution in [3.63, 3.8) is 0 Å². The Morgan fingerprint density at radius 3 is 2.65 bits per heavy atom. The predicted octanol–water partition coefficient (Wildman–Crippen LogP) is 4.38. The van der Waals surface area contributed by atoms with Gasteiger partial charge < -0.3 is 10.3 Å². The van der Waals surface area contributed by atoms with Gasteiger partial charge in [0.2, 0.25) is 5.88 Å². The molecule has 2 N–H and O–H groups in total. The van der Waals surface area contributed by atoms with Gasteiger partial charge in [0.25, 0.3) is 0 Å². The summed E-state index contributed by atoms with van der Waals surface area (Å²) >= 11 is 5.97. The summed E-state index contributed by atoms with van der Waals surface area (Å²) in [7, 11) is 0. The van der Waals surface area contributed by atoms with Crippen molar-refractivity contribution in [1.29, 1.82) is 0 Å². The lowest BCUT2D eigenvalue weighted by Gasteiger charge is -2.04. The van der Waals surface area contributed by atoms with E-state index < -0.39 is 0 Å². The topological polar surface area (TPSA) is 52.0 Å². The monoisotopic (exact) mass is 288 g/mol. The molecular formula is C15H10ClFN2O. The summed E-state index contributed by atoms with van der Waals surface area (Å²) in [6.45, 7) is 0. The van der Waals surface area contributed by atoms with E-state index >= 15 is 0 Å². The summed E-state index contributed by atoms with van der Waals surface area (Å²) in [5, 5.41) is 4.48. The fourth-order valence-corrected chi connectivity index (χ4v) is 2.25. The fraction of sp³-hybridized carbons (Fsp3) is 0. The number of halogens is 2. The predicted molar refractivity (Wildman–Crippen MR) is 76.8 cm³/mol. The van der Waals surface area contributed by atoms with E-state index in [0.717, 1.165) is 5.56 Å². The van der Waals surface area contributed by atoms with Gasteiger partial charge in [-0.2, -0.15) is 0 Å². The number of nitrogens with two attached hydrogens (primary N) is 1. The van der Waals surface area contributed by atoms with Crippen LogP contribution in [0.4, 0.5) is 10.3 Å². The maximum atomic E-state index is 14.0. The molecule has 0 saturated heterocycles. The van der Waals surface area contributed by atoms with E-state index in [-0.39, 0.29) is 11.7 Å². The van der Waals surface area contributed by atoms with Crippen LogP contribution in [0, 0.1) is 5.82 Å². The van der Waals surface area contributed by atoms with Gasteiger partial charge in [0.1, 0.15) is 11.5 Å². The summed E-state index contributed by atoms with van der Waals surface area (Å²) < 4.78 is 19.0. The Bertz CT molecular complexity index is 770. The van der Waals surface area contributed by atoms with Crippen LogP contribution in [0.1, 0.15) is 0 Å². The highest BCUT2D eigenvalue weighted by Gasteiger charge is 2.19. The van der Waals surface area contributed by atoms with Crippen LogP contribution >= 0.6 is 11.6 Å². The first-order chi connectivity index (χ1) is 9.66. The molecule has 3 rings (SSSR count). The molecule has 0 amide bonds. The van der Waals surface area contributed by atoms with Gasteiger partial charge >= 0.3 is 0 Å². The molecule has 0 bridgehead atoms. The van der Waals surface area contributed by atoms with Crippen molar-refractivity contribution in [2.24, 2.45) is 0 Å². The Balaban J connectivity index is 2.23. The highest BCUT2D eigenvalue weighted by molar-refractivity contribution is 6.30. The molecule has 0 spiro atoms. The van der Waals surface area contributed by atoms with Gasteiger partial charge in [-0.05, 0) is 18.2 Å². The van der Waals surface area contributed by atoms with E-state index in [4.69, 9.17) is 21.9 Å². The number of aromatic nitrogens is 1. The molecule has 3 aromatic rings. The second-order valence-electron chi connectivity index (χ2n) is 4.26. The van der Waals surface area contributed by atoms with Crippen molar-refractivity contribution in [3.8, 4) is 22.4 Å². The first kappa shape index (κ1) is 12.7. The zero-order valence-electron chi connectivity index (χ0n) is 10.3. The van der Waals surface area contributed by atoms with Crippen LogP contribution in [-0.2, 0) is 0 Å². The van der Waals surface area contributed by atoms with Crippen LogP contribution < -0.4 is 5.73 Å². The van der Waals surface area contributed by atoms with Crippen molar-refractivity contribution in [2.75, 3.05) is 5.73 Å². The van der Waals surface area contributed by atoms with Gasteiger partial charge in [0.05, 0.1) is 5.56 Å². The Labute approximate surface area is 119 Å². The third-order valence-electron chi connectivity index (χ3n) is 2.96. The van der Waals surface area contributed by atoms with E-state index in [1.807, 2.05) is 6.07 Å². The molecule has 2 aromatic carbocycles. The third kappa shape index (κ3) is 2.14. The van der Waals surface area contributed by atoms with Crippen molar-refractivity contribution < 1.29 is 8.91 Å². The summed E-state index contributed by atoms with van der Waals surface area (Å²) in [5.74, 6) is -0.309. The first-order valence-corrected chi connectivity index (χ1v) is 6.30. The number of nitrogens with zero attached hydrogens (tertiary/aromatic N) is 1. The van der Waals surface area contributed by atoms with Gasteiger partial charge in [-0.3, -0.25) is 0 Å². The third-order valence-corrected chi connectivity index (χ3v) is 3.19. The molecule has 0 aliphatic carbocycles. The fourth-order valence-electron chi connectivity index (χ4n) is 2.06. The zero-order chi connectivity index (χ0) is 14.1. The van der Waals surface area contributed by atoms with E-state index in [9.17, 15) is 4.39 Å². The number of anilines is 1. The average Bonchev–Trinajstić information content (AvgIpc) is 2.81. The van der Waals surface area contributed by atoms with Crippen LogP contribution in [0.25, 0.3) is 22.4 Å². The molecule has 0 unspecified atom stereocenters. The van der Waals surface area contributed by atoms with Crippen LogP contribution in [0.3, 0.4) is 0 Å². The molecule has 20 heavy (non-hydrogen) atoms. The minimum atomic E-state index is -0.384. The van der Waals surface area contributed by atoms with Crippen molar-refractivity contribution >= 4 is 17.5 Å². The molecule has 1 aromatic heterocycles. The molecule has 100 valence electrons. The maximum Gasteiger partial charge on any atom is 0.230 e. The number of rotatable bonds is 2. The highest BCUT2D eigenvalue weighted by atomic mass is 35.5. The van der Waals surface area contributed by atoms with Gasteiger partial charge in [-0.15, -0.1) is 0 Å². The molecule has 0 radical (unpaired) electrons. The molecule has 0 atom stereocenters. The Morgan fingerprint density at radius 2 is 1.90 bits per heavy atom. The first-order valence-electron chi connectivity index (χ1n) is 5.93. The van der Waals surface area contributed by atoms with Crippen LogP contribution in [0.2, 0.25) is 5.02 Å². The van der Waals surface area contributed by atoms with E-state index in [2.05, 4.69) is 5.16 Å². The number of nitrogen functional groups attached to an aromatic ring is 1. The molecule has 5 heteroatoms. The lowest BCUT2D eigenvalue weighted by molar-refractivity contribution is 0.439. The SMILES string of the molecule is Nc1onc(-c2cccc(Cl)c2)c1-c1ccccc1F. The lowest BCUT2D eigenvalue weighted by atomic mass is 10.0. The number of hydrogen-bond acceptors (Lipinski definition) is 3. The summed E-state index contributed by atoms with van der Waals surface area (Å²) in [4.78, 5) is 0. The Kier molecular flexibility index (Phi) is 3.16. The standard InChI is InChI=1S/C15H10ClFN2O/c16-10-5-3-4-9(8-10)14-13(15(18)20-19-14)11-6-1-2-7-12(11)17/h1-8H,18H2. The summed E-state index contributed by atoms with van der Waals surface area (Å²) in [5.41, 5.74) is 7.76. The quantitative estimate of drug-likeness (QED) is 0.761. The summed E-state index contributed by atoms with van der Waals surface area (Å²) in [6.07, 6.45) is 0. The minimum Gasteiger partial charge on any atom is -0.367 e. The molecule has 0 saturated carbocycles. The second-order valence-corrected chi connectivity index (χ2v) is 4.70. The van der Waals surface area contributed by atoms with Crippen LogP contribution in [-0.4, -0.2) is 5.16 Å². The second kappa shape index (κ2) is 4.98. The van der Waals surface area contributed by atoms with Crippen molar-refractivity contribution in [3.05, 3.63) is 59.4 Å². The Hall–Kier alpha value is -2.33. The molecular weight excluding hydrogens is 279 g/mol. The molecule has 3 nitrogen and oxygen atoms in total. The largest absolute Gasteiger partial charge is 0.367 e. The smallest absolute Gasteiger partial charge is 0.230 e. The van der Waals surface area contributed by atoms with E-state index in [0.29, 0.717) is 21.8 Å². The average molecular weight is 289 g/mol. The zero-order valence-corrected chi connectivity index (χ0v) is 11.1. The number of hydrogen-bond donors (Lipinski definition) is 1. The Morgan fingerprint density at radius 1 is 1.10 bits per heavy atom. The molecule has 0 aliphatic rings. The minimum absolute atomic E-state index is 0.0741. The lowest BCUT2D eigenvalue weighted by Crippen LogP contribution is -1.90. The molecule has 1 heterocycles. The van der Waals surface area contributed by atoms with Gasteiger partial charge in [0.15, 0.2) is 0 Å². The van der Waals surface area contributed by atoms with Crippen molar-refractivity contribution in [1.82, 2.24) is 5.16 Å². The van der Waals surface area contributed by atoms with E-state index in [1.165, 1.54) is 6.07 Å². The van der Waals surface area contributed by atoms with Crippen LogP contribution in [0.15, 0.2) is 53.1 Å². The summed E-state index contributed by atoms with van der Waals surface area (Å²) in [6, 6.07) is 13.4. The molecule has 0 fully saturated rings. The normalized spacial score (nSPS) is 10.7.